The van der Waals surface area contributed by atoms with Gasteiger partial charge in [0.1, 0.15) is 13.2 Å². The van der Waals surface area contributed by atoms with E-state index in [9.17, 15) is 19.2 Å². The van der Waals surface area contributed by atoms with Gasteiger partial charge in [0.05, 0.1) is 0 Å². The first-order valence-corrected chi connectivity index (χ1v) is 28.3. The fourth-order valence-corrected chi connectivity index (χ4v) is 8.52. The first-order valence-electron chi connectivity index (χ1n) is 28.3. The Morgan fingerprint density at radius 3 is 0.877 bits per heavy atom. The fourth-order valence-electron chi connectivity index (χ4n) is 8.52. The Kier molecular flexibility index (Phi) is 50.7. The van der Waals surface area contributed by atoms with Gasteiger partial charge in [0.2, 0.25) is 0 Å². The molecule has 0 saturated carbocycles. The van der Waals surface area contributed by atoms with Crippen molar-refractivity contribution in [1.29, 1.82) is 0 Å². The van der Waals surface area contributed by atoms with Gasteiger partial charge in [-0.3, -0.25) is 19.2 Å². The summed E-state index contributed by atoms with van der Waals surface area (Å²) in [5, 5.41) is 8.71. The number of aliphatic carboxylic acids is 1. The molecule has 8 heteroatoms. The van der Waals surface area contributed by atoms with Crippen molar-refractivity contribution in [3.05, 3.63) is 12.2 Å². The summed E-state index contributed by atoms with van der Waals surface area (Å²) in [5.41, 5.74) is 0. The van der Waals surface area contributed by atoms with Gasteiger partial charge in [-0.05, 0) is 51.4 Å². The SMILES string of the molecule is CCCCCCCCCCCCCCCCCC(=O)OCC(COC(=O)CCCCCCCCCCCCCCCCC)OC(=O)CCCCCCC/C=C/CCCCCCCC(=O)O. The third-order valence-corrected chi connectivity index (χ3v) is 12.8. The van der Waals surface area contributed by atoms with Crippen LogP contribution in [0.1, 0.15) is 309 Å². The summed E-state index contributed by atoms with van der Waals surface area (Å²) in [4.78, 5) is 48.7. The molecule has 8 nitrogen and oxygen atoms in total. The highest BCUT2D eigenvalue weighted by Crippen LogP contribution is 2.17. The van der Waals surface area contributed by atoms with Gasteiger partial charge in [0.25, 0.3) is 0 Å². The first-order chi connectivity index (χ1) is 31.9. The van der Waals surface area contributed by atoms with Crippen LogP contribution in [0.25, 0.3) is 0 Å². The minimum absolute atomic E-state index is 0.0874. The molecule has 1 N–H and O–H groups in total. The van der Waals surface area contributed by atoms with E-state index in [1.165, 1.54) is 154 Å². The average Bonchev–Trinajstić information content (AvgIpc) is 3.29. The topological polar surface area (TPSA) is 116 Å². The Bertz CT molecular complexity index is 1020. The lowest BCUT2D eigenvalue weighted by molar-refractivity contribution is -0.167. The monoisotopic (exact) mass is 919 g/mol. The largest absolute Gasteiger partial charge is 0.481 e. The van der Waals surface area contributed by atoms with E-state index in [4.69, 9.17) is 19.3 Å². The van der Waals surface area contributed by atoms with Crippen LogP contribution in [-0.4, -0.2) is 48.3 Å². The van der Waals surface area contributed by atoms with Gasteiger partial charge in [-0.15, -0.1) is 0 Å². The van der Waals surface area contributed by atoms with Crippen LogP contribution in [0.15, 0.2) is 12.2 Å². The molecule has 0 aliphatic rings. The Labute approximate surface area is 401 Å². The second-order valence-corrected chi connectivity index (χ2v) is 19.4. The molecule has 0 aromatic carbocycles. The third-order valence-electron chi connectivity index (χ3n) is 12.8. The lowest BCUT2D eigenvalue weighted by atomic mass is 10.0. The van der Waals surface area contributed by atoms with Crippen molar-refractivity contribution in [2.45, 2.75) is 315 Å². The standard InChI is InChI=1S/C57H106O8/c1-3-5-7-9-11-13-15-17-19-24-28-32-36-40-44-48-55(60)63-51-53(52-64-56(61)49-45-41-37-33-29-25-20-18-16-14-12-10-8-6-4-2)65-57(62)50-46-42-38-34-30-26-22-21-23-27-31-35-39-43-47-54(58)59/h21-22,53H,3-20,23-52H2,1-2H3,(H,58,59)/b22-21+. The van der Waals surface area contributed by atoms with Crippen molar-refractivity contribution in [3.63, 3.8) is 0 Å². The summed E-state index contributed by atoms with van der Waals surface area (Å²) in [6.45, 7) is 4.36. The zero-order chi connectivity index (χ0) is 47.4. The minimum atomic E-state index is -0.791. The number of carbonyl (C=O) groups excluding carboxylic acids is 3. The molecule has 0 heterocycles. The number of esters is 3. The second-order valence-electron chi connectivity index (χ2n) is 19.4. The molecular weight excluding hydrogens is 813 g/mol. The van der Waals surface area contributed by atoms with Crippen LogP contribution in [-0.2, 0) is 33.4 Å². The van der Waals surface area contributed by atoms with Crippen LogP contribution in [0.4, 0.5) is 0 Å². The van der Waals surface area contributed by atoms with Gasteiger partial charge in [-0.2, -0.15) is 0 Å². The predicted octanol–water partition coefficient (Wildman–Crippen LogP) is 17.6. The predicted molar refractivity (Wildman–Crippen MR) is 272 cm³/mol. The van der Waals surface area contributed by atoms with Crippen LogP contribution in [0.5, 0.6) is 0 Å². The fraction of sp³-hybridized carbons (Fsp3) is 0.895. The van der Waals surface area contributed by atoms with E-state index in [0.29, 0.717) is 19.3 Å². The molecule has 0 saturated heterocycles. The lowest BCUT2D eigenvalue weighted by Crippen LogP contribution is -2.30. The Hall–Kier alpha value is -2.38. The maximum Gasteiger partial charge on any atom is 0.306 e. The molecular formula is C57H106O8. The van der Waals surface area contributed by atoms with Gasteiger partial charge in [-0.25, -0.2) is 0 Å². The molecule has 0 amide bonds. The maximum absolute atomic E-state index is 12.8. The first kappa shape index (κ1) is 62.6. The lowest BCUT2D eigenvalue weighted by Gasteiger charge is -2.18. The molecule has 0 aliphatic carbocycles. The van der Waals surface area contributed by atoms with Crippen molar-refractivity contribution >= 4 is 23.9 Å². The van der Waals surface area contributed by atoms with E-state index >= 15 is 0 Å². The van der Waals surface area contributed by atoms with Crippen LogP contribution >= 0.6 is 0 Å². The quantitative estimate of drug-likeness (QED) is 0.0278. The number of rotatable bonds is 53. The molecule has 0 unspecified atom stereocenters. The Balaban J connectivity index is 4.34. The number of hydrogen-bond acceptors (Lipinski definition) is 7. The highest BCUT2D eigenvalue weighted by atomic mass is 16.6. The summed E-state index contributed by atoms with van der Waals surface area (Å²) in [6, 6.07) is 0. The van der Waals surface area contributed by atoms with Gasteiger partial charge in [0.15, 0.2) is 6.10 Å². The van der Waals surface area contributed by atoms with E-state index in [0.717, 1.165) is 116 Å². The summed E-state index contributed by atoms with van der Waals surface area (Å²) in [6.07, 6.45) is 55.5. The Morgan fingerprint density at radius 1 is 0.338 bits per heavy atom. The summed E-state index contributed by atoms with van der Waals surface area (Å²) in [7, 11) is 0. The molecule has 0 aromatic heterocycles. The van der Waals surface area contributed by atoms with Crippen LogP contribution in [0.2, 0.25) is 0 Å². The molecule has 382 valence electrons. The number of carboxylic acids is 1. The van der Waals surface area contributed by atoms with Crippen molar-refractivity contribution in [2.75, 3.05) is 13.2 Å². The van der Waals surface area contributed by atoms with Gasteiger partial charge >= 0.3 is 23.9 Å². The third kappa shape index (κ3) is 52.5. The molecule has 0 aliphatic heterocycles. The molecule has 0 radical (unpaired) electrons. The number of hydrogen-bond donors (Lipinski definition) is 1. The van der Waals surface area contributed by atoms with Crippen molar-refractivity contribution in [1.82, 2.24) is 0 Å². The van der Waals surface area contributed by atoms with Crippen LogP contribution in [0, 0.1) is 0 Å². The average molecular weight is 919 g/mol. The van der Waals surface area contributed by atoms with Crippen molar-refractivity contribution in [2.24, 2.45) is 0 Å². The van der Waals surface area contributed by atoms with Crippen molar-refractivity contribution in [3.8, 4) is 0 Å². The van der Waals surface area contributed by atoms with E-state index in [1.54, 1.807) is 0 Å². The number of unbranched alkanes of at least 4 members (excludes halogenated alkanes) is 38. The van der Waals surface area contributed by atoms with E-state index in [2.05, 4.69) is 26.0 Å². The molecule has 0 fully saturated rings. The van der Waals surface area contributed by atoms with Gasteiger partial charge < -0.3 is 19.3 Å². The van der Waals surface area contributed by atoms with E-state index < -0.39 is 12.1 Å². The Morgan fingerprint density at radius 2 is 0.585 bits per heavy atom. The number of allylic oxidation sites excluding steroid dienone is 2. The normalized spacial score (nSPS) is 11.5. The smallest absolute Gasteiger partial charge is 0.306 e. The highest BCUT2D eigenvalue weighted by Gasteiger charge is 2.19. The minimum Gasteiger partial charge on any atom is -0.481 e. The van der Waals surface area contributed by atoms with Crippen LogP contribution < -0.4 is 0 Å². The molecule has 65 heavy (non-hydrogen) atoms. The zero-order valence-electron chi connectivity index (χ0n) is 43.0. The van der Waals surface area contributed by atoms with Crippen molar-refractivity contribution < 1.29 is 38.5 Å². The van der Waals surface area contributed by atoms with Gasteiger partial charge in [-0.1, -0.05) is 244 Å². The summed E-state index contributed by atoms with van der Waals surface area (Å²) >= 11 is 0. The number of ether oxygens (including phenoxy) is 3. The molecule has 0 spiro atoms. The molecule has 0 aromatic rings. The molecule has 0 atom stereocenters. The van der Waals surface area contributed by atoms with E-state index in [1.807, 2.05) is 0 Å². The maximum atomic E-state index is 12.8. The summed E-state index contributed by atoms with van der Waals surface area (Å²) in [5.74, 6) is -1.61. The highest BCUT2D eigenvalue weighted by molar-refractivity contribution is 5.71. The summed E-state index contributed by atoms with van der Waals surface area (Å²) < 4.78 is 16.8. The van der Waals surface area contributed by atoms with Crippen LogP contribution in [0.3, 0.4) is 0 Å². The van der Waals surface area contributed by atoms with E-state index in [-0.39, 0.29) is 37.5 Å². The second kappa shape index (κ2) is 52.6. The molecule has 0 rings (SSSR count). The number of carbonyl (C=O) groups is 4. The molecule has 0 bridgehead atoms. The van der Waals surface area contributed by atoms with Gasteiger partial charge in [0, 0.05) is 25.7 Å². The number of carboxylic acid groups (broad SMARTS) is 1. The zero-order valence-corrected chi connectivity index (χ0v) is 43.0.